The Kier molecular flexibility index (Phi) is 3.86. The van der Waals surface area contributed by atoms with Gasteiger partial charge < -0.3 is 9.47 Å². The number of piperidine rings is 1. The number of hydrogen-bond donors (Lipinski definition) is 0. The van der Waals surface area contributed by atoms with Gasteiger partial charge in [-0.3, -0.25) is 0 Å². The van der Waals surface area contributed by atoms with Crippen LogP contribution in [0.15, 0.2) is 30.5 Å². The average molecular weight is 390 g/mol. The summed E-state index contributed by atoms with van der Waals surface area (Å²) >= 11 is 0. The lowest BCUT2D eigenvalue weighted by molar-refractivity contribution is -0.0221. The van der Waals surface area contributed by atoms with Gasteiger partial charge in [0, 0.05) is 49.0 Å². The second-order valence-corrected chi connectivity index (χ2v) is 7.60. The number of halogens is 4. The molecule has 3 aromatic rings. The van der Waals surface area contributed by atoms with Crippen molar-refractivity contribution in [3.63, 3.8) is 0 Å². The third kappa shape index (κ3) is 3.00. The highest BCUT2D eigenvalue weighted by atomic mass is 19.3. The van der Waals surface area contributed by atoms with Crippen molar-refractivity contribution in [2.24, 2.45) is 0 Å². The summed E-state index contributed by atoms with van der Waals surface area (Å²) in [7, 11) is 0. The Morgan fingerprint density at radius 1 is 0.964 bits per heavy atom. The lowest BCUT2D eigenvalue weighted by atomic mass is 10.1. The Balaban J connectivity index is 1.56. The molecular formula is C20H18F4N4. The molecule has 0 spiro atoms. The second kappa shape index (κ2) is 6.18. The Morgan fingerprint density at radius 3 is 2.39 bits per heavy atom. The molecule has 0 amide bonds. The van der Waals surface area contributed by atoms with Gasteiger partial charge in [-0.1, -0.05) is 0 Å². The van der Waals surface area contributed by atoms with Crippen molar-refractivity contribution >= 4 is 16.7 Å². The van der Waals surface area contributed by atoms with Crippen LogP contribution >= 0.6 is 0 Å². The number of fused-ring (bicyclic) bond motifs is 1. The SMILES string of the molecule is Fc1cc2cc(-c3cnnc(N4CCC(F)(F)CC4)c3)n(C3CC3)c2cc1F. The molecule has 5 rings (SSSR count). The number of hydrogen-bond acceptors (Lipinski definition) is 3. The summed E-state index contributed by atoms with van der Waals surface area (Å²) in [6, 6.07) is 6.31. The monoisotopic (exact) mass is 390 g/mol. The molecule has 3 heterocycles. The summed E-state index contributed by atoms with van der Waals surface area (Å²) in [6.07, 6.45) is 3.13. The summed E-state index contributed by atoms with van der Waals surface area (Å²) in [5, 5.41) is 8.79. The van der Waals surface area contributed by atoms with Crippen LogP contribution in [-0.2, 0) is 0 Å². The molecule has 2 fully saturated rings. The standard InChI is InChI=1S/C20H18F4N4/c21-15-7-12-8-17(28(14-1-2-14)18(12)10-16(15)22)13-9-19(26-25-11-13)27-5-3-20(23,24)4-6-27/h7-11,14H,1-6H2. The van der Waals surface area contributed by atoms with Crippen molar-refractivity contribution in [2.75, 3.05) is 18.0 Å². The van der Waals surface area contributed by atoms with E-state index in [2.05, 4.69) is 10.2 Å². The maximum atomic E-state index is 13.8. The molecule has 0 atom stereocenters. The lowest BCUT2D eigenvalue weighted by Crippen LogP contribution is -2.39. The molecule has 0 unspecified atom stereocenters. The zero-order valence-corrected chi connectivity index (χ0v) is 15.0. The first-order valence-corrected chi connectivity index (χ1v) is 9.37. The van der Waals surface area contributed by atoms with E-state index in [0.717, 1.165) is 24.1 Å². The molecule has 8 heteroatoms. The predicted octanol–water partition coefficient (Wildman–Crippen LogP) is 4.95. The molecule has 2 aromatic heterocycles. The highest BCUT2D eigenvalue weighted by Gasteiger charge is 2.35. The molecular weight excluding hydrogens is 372 g/mol. The van der Waals surface area contributed by atoms with Crippen LogP contribution < -0.4 is 4.90 Å². The third-order valence-corrected chi connectivity index (χ3v) is 5.55. The van der Waals surface area contributed by atoms with Crippen LogP contribution in [0, 0.1) is 11.6 Å². The molecule has 146 valence electrons. The van der Waals surface area contributed by atoms with Crippen molar-refractivity contribution in [1.29, 1.82) is 0 Å². The minimum Gasteiger partial charge on any atom is -0.355 e. The molecule has 1 aromatic carbocycles. The first-order chi connectivity index (χ1) is 13.4. The predicted molar refractivity (Wildman–Crippen MR) is 97.5 cm³/mol. The van der Waals surface area contributed by atoms with E-state index in [1.165, 1.54) is 12.1 Å². The molecule has 1 saturated heterocycles. The minimum atomic E-state index is -2.63. The van der Waals surface area contributed by atoms with E-state index in [4.69, 9.17) is 0 Å². The van der Waals surface area contributed by atoms with Crippen LogP contribution in [0.2, 0.25) is 0 Å². The highest BCUT2D eigenvalue weighted by molar-refractivity contribution is 5.87. The van der Waals surface area contributed by atoms with Crippen molar-refractivity contribution in [2.45, 2.75) is 37.6 Å². The molecule has 1 saturated carbocycles. The molecule has 4 nitrogen and oxygen atoms in total. The summed E-state index contributed by atoms with van der Waals surface area (Å²) in [4.78, 5) is 1.80. The van der Waals surface area contributed by atoms with E-state index in [9.17, 15) is 17.6 Å². The van der Waals surface area contributed by atoms with Crippen molar-refractivity contribution in [3.8, 4) is 11.3 Å². The van der Waals surface area contributed by atoms with Gasteiger partial charge in [0.2, 0.25) is 0 Å². The molecule has 28 heavy (non-hydrogen) atoms. The molecule has 0 N–H and O–H groups in total. The summed E-state index contributed by atoms with van der Waals surface area (Å²) in [5.74, 6) is -3.84. The van der Waals surface area contributed by atoms with Gasteiger partial charge in [0.15, 0.2) is 17.5 Å². The van der Waals surface area contributed by atoms with E-state index in [-0.39, 0.29) is 32.0 Å². The van der Waals surface area contributed by atoms with Gasteiger partial charge in [0.25, 0.3) is 5.92 Å². The van der Waals surface area contributed by atoms with Crippen LogP contribution in [0.5, 0.6) is 0 Å². The molecule has 0 radical (unpaired) electrons. The van der Waals surface area contributed by atoms with Crippen molar-refractivity contribution in [3.05, 3.63) is 42.1 Å². The normalized spacial score (nSPS) is 19.4. The number of alkyl halides is 2. The van der Waals surface area contributed by atoms with Gasteiger partial charge in [-0.15, -0.1) is 5.10 Å². The highest BCUT2D eigenvalue weighted by Crippen LogP contribution is 2.43. The molecule has 0 bridgehead atoms. The van der Waals surface area contributed by atoms with Crippen LogP contribution in [0.3, 0.4) is 0 Å². The maximum absolute atomic E-state index is 13.8. The largest absolute Gasteiger partial charge is 0.355 e. The zero-order valence-electron chi connectivity index (χ0n) is 15.0. The van der Waals surface area contributed by atoms with Gasteiger partial charge in [0.1, 0.15) is 0 Å². The van der Waals surface area contributed by atoms with E-state index < -0.39 is 17.6 Å². The first-order valence-electron chi connectivity index (χ1n) is 9.37. The Labute approximate surface area is 158 Å². The van der Waals surface area contributed by atoms with Crippen molar-refractivity contribution in [1.82, 2.24) is 14.8 Å². The van der Waals surface area contributed by atoms with Gasteiger partial charge in [-0.2, -0.15) is 5.10 Å². The van der Waals surface area contributed by atoms with Crippen LogP contribution in [-0.4, -0.2) is 33.8 Å². The zero-order chi connectivity index (χ0) is 19.5. The van der Waals surface area contributed by atoms with Crippen LogP contribution in [0.4, 0.5) is 23.4 Å². The number of rotatable bonds is 3. The number of aromatic nitrogens is 3. The van der Waals surface area contributed by atoms with Crippen LogP contribution in [0.1, 0.15) is 31.7 Å². The topological polar surface area (TPSA) is 34.0 Å². The average Bonchev–Trinajstić information content (AvgIpc) is 3.44. The van der Waals surface area contributed by atoms with E-state index in [1.54, 1.807) is 11.1 Å². The van der Waals surface area contributed by atoms with Gasteiger partial charge >= 0.3 is 0 Å². The quantitative estimate of drug-likeness (QED) is 0.594. The van der Waals surface area contributed by atoms with Gasteiger partial charge in [0.05, 0.1) is 17.4 Å². The summed E-state index contributed by atoms with van der Waals surface area (Å²) in [5.41, 5.74) is 2.21. The third-order valence-electron chi connectivity index (χ3n) is 5.55. The Morgan fingerprint density at radius 2 is 1.68 bits per heavy atom. The summed E-state index contributed by atoms with van der Waals surface area (Å²) in [6.45, 7) is 0.431. The molecule has 1 aliphatic carbocycles. The fraction of sp³-hybridized carbons (Fsp3) is 0.400. The Bertz CT molecular complexity index is 1050. The lowest BCUT2D eigenvalue weighted by Gasteiger charge is -2.32. The fourth-order valence-corrected chi connectivity index (χ4v) is 3.88. The smallest absolute Gasteiger partial charge is 0.251 e. The number of benzene rings is 1. The maximum Gasteiger partial charge on any atom is 0.251 e. The van der Waals surface area contributed by atoms with E-state index in [0.29, 0.717) is 16.7 Å². The van der Waals surface area contributed by atoms with E-state index in [1.807, 2.05) is 16.7 Å². The van der Waals surface area contributed by atoms with Gasteiger partial charge in [-0.05, 0) is 31.0 Å². The molecule has 2 aliphatic rings. The number of nitrogens with zero attached hydrogens (tertiary/aromatic N) is 4. The first kappa shape index (κ1) is 17.5. The minimum absolute atomic E-state index is 0.209. The van der Waals surface area contributed by atoms with Crippen molar-refractivity contribution < 1.29 is 17.6 Å². The van der Waals surface area contributed by atoms with Crippen LogP contribution in [0.25, 0.3) is 22.2 Å². The Hall–Kier alpha value is -2.64. The summed E-state index contributed by atoms with van der Waals surface area (Å²) < 4.78 is 56.4. The second-order valence-electron chi connectivity index (χ2n) is 7.60. The van der Waals surface area contributed by atoms with Gasteiger partial charge in [-0.25, -0.2) is 17.6 Å². The fourth-order valence-electron chi connectivity index (χ4n) is 3.88. The number of anilines is 1. The molecule has 1 aliphatic heterocycles. The van der Waals surface area contributed by atoms with E-state index >= 15 is 0 Å².